The summed E-state index contributed by atoms with van der Waals surface area (Å²) < 4.78 is 10.2. The molecule has 3 N–H and O–H groups in total. The second kappa shape index (κ2) is 4.85. The standard InChI is InChI=1S/C11H15NO4/c1-6-7(15-2)4-5-8(16-3)9(6)10(12)11(13)14/h4-5,10H,12H2,1-3H3,(H,13,14). The molecule has 0 aliphatic carbocycles. The van der Waals surface area contributed by atoms with Crippen LogP contribution < -0.4 is 15.2 Å². The lowest BCUT2D eigenvalue weighted by Crippen LogP contribution is -2.22. The SMILES string of the molecule is COc1ccc(OC)c(C(N)C(=O)O)c1C. The molecule has 0 heterocycles. The molecule has 0 spiro atoms. The number of carboxylic acids is 1. The van der Waals surface area contributed by atoms with E-state index in [9.17, 15) is 4.79 Å². The van der Waals surface area contributed by atoms with Crippen molar-refractivity contribution in [3.63, 3.8) is 0 Å². The minimum atomic E-state index is -1.12. The number of rotatable bonds is 4. The Morgan fingerprint density at radius 3 is 2.25 bits per heavy atom. The summed E-state index contributed by atoms with van der Waals surface area (Å²) in [4.78, 5) is 10.9. The number of ether oxygens (including phenoxy) is 2. The third kappa shape index (κ3) is 2.09. The average Bonchev–Trinajstić information content (AvgIpc) is 2.27. The number of hydrogen-bond acceptors (Lipinski definition) is 4. The van der Waals surface area contributed by atoms with Gasteiger partial charge in [-0.05, 0) is 19.1 Å². The Morgan fingerprint density at radius 1 is 1.31 bits per heavy atom. The Bertz CT molecular complexity index is 403. The first-order chi connectivity index (χ1) is 7.52. The molecule has 88 valence electrons. The third-order valence-electron chi connectivity index (χ3n) is 2.44. The van der Waals surface area contributed by atoms with Crippen LogP contribution >= 0.6 is 0 Å². The first kappa shape index (κ1) is 12.3. The summed E-state index contributed by atoms with van der Waals surface area (Å²) >= 11 is 0. The quantitative estimate of drug-likeness (QED) is 0.801. The van der Waals surface area contributed by atoms with Gasteiger partial charge in [-0.2, -0.15) is 0 Å². The fourth-order valence-corrected chi connectivity index (χ4v) is 1.59. The van der Waals surface area contributed by atoms with Gasteiger partial charge < -0.3 is 20.3 Å². The van der Waals surface area contributed by atoms with Crippen molar-refractivity contribution < 1.29 is 19.4 Å². The molecular weight excluding hydrogens is 210 g/mol. The number of benzene rings is 1. The number of methoxy groups -OCH3 is 2. The van der Waals surface area contributed by atoms with E-state index in [0.717, 1.165) is 0 Å². The van der Waals surface area contributed by atoms with Gasteiger partial charge in [-0.15, -0.1) is 0 Å². The fourth-order valence-electron chi connectivity index (χ4n) is 1.59. The van der Waals surface area contributed by atoms with Crippen molar-refractivity contribution in [1.82, 2.24) is 0 Å². The largest absolute Gasteiger partial charge is 0.496 e. The predicted octanol–water partition coefficient (Wildman–Crippen LogP) is 1.10. The van der Waals surface area contributed by atoms with Crippen molar-refractivity contribution in [2.75, 3.05) is 14.2 Å². The molecule has 0 bridgehead atoms. The van der Waals surface area contributed by atoms with E-state index in [1.807, 2.05) is 0 Å². The molecule has 0 amide bonds. The lowest BCUT2D eigenvalue weighted by molar-refractivity contribution is -0.138. The van der Waals surface area contributed by atoms with Crippen LogP contribution in [0.4, 0.5) is 0 Å². The van der Waals surface area contributed by atoms with E-state index < -0.39 is 12.0 Å². The van der Waals surface area contributed by atoms with Crippen LogP contribution in [0.1, 0.15) is 17.2 Å². The number of aliphatic carboxylic acids is 1. The smallest absolute Gasteiger partial charge is 0.325 e. The van der Waals surface area contributed by atoms with Gasteiger partial charge in [0, 0.05) is 11.1 Å². The van der Waals surface area contributed by atoms with Crippen LogP contribution in [0.3, 0.4) is 0 Å². The molecule has 0 fully saturated rings. The summed E-state index contributed by atoms with van der Waals surface area (Å²) in [6.45, 7) is 1.75. The van der Waals surface area contributed by atoms with E-state index in [1.54, 1.807) is 19.1 Å². The molecule has 5 nitrogen and oxygen atoms in total. The minimum absolute atomic E-state index is 0.439. The summed E-state index contributed by atoms with van der Waals surface area (Å²) in [5, 5.41) is 8.92. The van der Waals surface area contributed by atoms with Crippen LogP contribution in [0.5, 0.6) is 11.5 Å². The molecule has 16 heavy (non-hydrogen) atoms. The van der Waals surface area contributed by atoms with E-state index in [1.165, 1.54) is 14.2 Å². The minimum Gasteiger partial charge on any atom is -0.496 e. The number of nitrogens with two attached hydrogens (primary N) is 1. The average molecular weight is 225 g/mol. The van der Waals surface area contributed by atoms with Gasteiger partial charge in [-0.25, -0.2) is 0 Å². The van der Waals surface area contributed by atoms with E-state index in [4.69, 9.17) is 20.3 Å². The van der Waals surface area contributed by atoms with Crippen molar-refractivity contribution in [1.29, 1.82) is 0 Å². The van der Waals surface area contributed by atoms with Crippen molar-refractivity contribution in [3.05, 3.63) is 23.3 Å². The zero-order valence-electron chi connectivity index (χ0n) is 9.48. The van der Waals surface area contributed by atoms with Crippen LogP contribution in [0.25, 0.3) is 0 Å². The van der Waals surface area contributed by atoms with E-state index in [0.29, 0.717) is 22.6 Å². The Kier molecular flexibility index (Phi) is 3.73. The molecule has 1 aromatic rings. The number of carboxylic acid groups (broad SMARTS) is 1. The van der Waals surface area contributed by atoms with Crippen LogP contribution in [0.15, 0.2) is 12.1 Å². The van der Waals surface area contributed by atoms with Crippen LogP contribution in [-0.2, 0) is 4.79 Å². The normalized spacial score (nSPS) is 12.0. The molecule has 0 radical (unpaired) electrons. The van der Waals surface area contributed by atoms with E-state index >= 15 is 0 Å². The zero-order valence-corrected chi connectivity index (χ0v) is 9.48. The molecule has 1 aromatic carbocycles. The summed E-state index contributed by atoms with van der Waals surface area (Å²) in [5.41, 5.74) is 6.72. The summed E-state index contributed by atoms with van der Waals surface area (Å²) in [5.74, 6) is -0.0599. The first-order valence-electron chi connectivity index (χ1n) is 4.72. The fraction of sp³-hybridized carbons (Fsp3) is 0.364. The second-order valence-electron chi connectivity index (χ2n) is 3.32. The first-order valence-corrected chi connectivity index (χ1v) is 4.72. The molecule has 0 saturated carbocycles. The Hall–Kier alpha value is -1.75. The highest BCUT2D eigenvalue weighted by atomic mass is 16.5. The molecule has 0 saturated heterocycles. The third-order valence-corrected chi connectivity index (χ3v) is 2.44. The monoisotopic (exact) mass is 225 g/mol. The highest BCUT2D eigenvalue weighted by molar-refractivity contribution is 5.77. The summed E-state index contributed by atoms with van der Waals surface area (Å²) in [6.07, 6.45) is 0. The molecule has 5 heteroatoms. The lowest BCUT2D eigenvalue weighted by Gasteiger charge is -2.17. The molecule has 1 atom stereocenters. The molecular formula is C11H15NO4. The maximum absolute atomic E-state index is 10.9. The van der Waals surface area contributed by atoms with Crippen molar-refractivity contribution in [2.45, 2.75) is 13.0 Å². The van der Waals surface area contributed by atoms with Crippen LogP contribution in [0, 0.1) is 6.92 Å². The van der Waals surface area contributed by atoms with E-state index in [2.05, 4.69) is 0 Å². The van der Waals surface area contributed by atoms with Crippen molar-refractivity contribution in [2.24, 2.45) is 5.73 Å². The topological polar surface area (TPSA) is 81.8 Å². The van der Waals surface area contributed by atoms with Gasteiger partial charge in [-0.1, -0.05) is 0 Å². The van der Waals surface area contributed by atoms with Gasteiger partial charge in [0.1, 0.15) is 17.5 Å². The molecule has 0 aliphatic heterocycles. The summed E-state index contributed by atoms with van der Waals surface area (Å²) in [7, 11) is 2.99. The maximum Gasteiger partial charge on any atom is 0.325 e. The Morgan fingerprint density at radius 2 is 1.81 bits per heavy atom. The highest BCUT2D eigenvalue weighted by Crippen LogP contribution is 2.33. The van der Waals surface area contributed by atoms with Gasteiger partial charge in [0.2, 0.25) is 0 Å². The summed E-state index contributed by atoms with van der Waals surface area (Å²) in [6, 6.07) is 2.24. The Balaban J connectivity index is 3.37. The van der Waals surface area contributed by atoms with Gasteiger partial charge in [0.05, 0.1) is 14.2 Å². The number of hydrogen-bond donors (Lipinski definition) is 2. The van der Waals surface area contributed by atoms with Crippen molar-refractivity contribution >= 4 is 5.97 Å². The predicted molar refractivity (Wildman–Crippen MR) is 58.8 cm³/mol. The lowest BCUT2D eigenvalue weighted by atomic mass is 10.00. The maximum atomic E-state index is 10.9. The zero-order chi connectivity index (χ0) is 12.3. The molecule has 0 aliphatic rings. The second-order valence-corrected chi connectivity index (χ2v) is 3.32. The van der Waals surface area contributed by atoms with Crippen LogP contribution in [0.2, 0.25) is 0 Å². The van der Waals surface area contributed by atoms with Gasteiger partial charge >= 0.3 is 5.97 Å². The molecule has 1 unspecified atom stereocenters. The van der Waals surface area contributed by atoms with Crippen molar-refractivity contribution in [3.8, 4) is 11.5 Å². The Labute approximate surface area is 93.8 Å². The number of carbonyl (C=O) groups is 1. The highest BCUT2D eigenvalue weighted by Gasteiger charge is 2.23. The molecule has 1 rings (SSSR count). The van der Waals surface area contributed by atoms with Gasteiger partial charge in [0.15, 0.2) is 0 Å². The van der Waals surface area contributed by atoms with Crippen LogP contribution in [-0.4, -0.2) is 25.3 Å². The van der Waals surface area contributed by atoms with Gasteiger partial charge in [-0.3, -0.25) is 4.79 Å². The molecule has 0 aromatic heterocycles. The van der Waals surface area contributed by atoms with Gasteiger partial charge in [0.25, 0.3) is 0 Å². The van der Waals surface area contributed by atoms with E-state index in [-0.39, 0.29) is 0 Å².